The van der Waals surface area contributed by atoms with E-state index in [1.165, 1.54) is 16.2 Å². The summed E-state index contributed by atoms with van der Waals surface area (Å²) in [4.78, 5) is 9.14. The van der Waals surface area contributed by atoms with Gasteiger partial charge in [0.05, 0.1) is 12.1 Å². The van der Waals surface area contributed by atoms with Gasteiger partial charge in [0.15, 0.2) is 11.9 Å². The minimum atomic E-state index is -0.00428. The summed E-state index contributed by atoms with van der Waals surface area (Å²) in [6.07, 6.45) is 0.754. The van der Waals surface area contributed by atoms with E-state index >= 15 is 0 Å². The van der Waals surface area contributed by atoms with Crippen LogP contribution in [0.4, 0.5) is 0 Å². The largest absolute Gasteiger partial charge is 0.492 e. The van der Waals surface area contributed by atoms with Crippen molar-refractivity contribution in [2.75, 3.05) is 33.2 Å². The zero-order valence-corrected chi connectivity index (χ0v) is 16.6. The van der Waals surface area contributed by atoms with Crippen molar-refractivity contribution in [1.82, 2.24) is 14.6 Å². The lowest BCUT2D eigenvalue weighted by atomic mass is 10.0. The van der Waals surface area contributed by atoms with E-state index in [9.17, 15) is 5.11 Å². The fraction of sp³-hybridized carbons (Fsp3) is 0.444. The van der Waals surface area contributed by atoms with Gasteiger partial charge >= 0.3 is 0 Å². The third kappa shape index (κ3) is 3.09. The molecule has 1 aliphatic rings. The third-order valence-electron chi connectivity index (χ3n) is 5.19. The van der Waals surface area contributed by atoms with Gasteiger partial charge in [-0.15, -0.1) is 5.10 Å². The zero-order valence-electron chi connectivity index (χ0n) is 15.0. The second-order valence-electron chi connectivity index (χ2n) is 6.94. The molecule has 1 aliphatic heterocycles. The molecule has 1 atom stereocenters. The van der Waals surface area contributed by atoms with E-state index in [0.717, 1.165) is 58.8 Å². The SMILES string of the molecule is CCc1nc2sc([C@@H](c3ccccc3Cl)[NH+]3CC[NH+](C)CC3)c(O)n2n1. The summed E-state index contributed by atoms with van der Waals surface area (Å²) < 4.78 is 1.57. The molecule has 0 spiro atoms. The molecule has 1 aromatic carbocycles. The second kappa shape index (κ2) is 7.15. The number of fused-ring (bicyclic) bond motifs is 1. The highest BCUT2D eigenvalue weighted by atomic mass is 35.5. The number of likely N-dealkylation sites (N-methyl/N-ethyl adjacent to an activating group) is 1. The topological polar surface area (TPSA) is 59.3 Å². The second-order valence-corrected chi connectivity index (χ2v) is 8.35. The molecule has 0 radical (unpaired) electrons. The van der Waals surface area contributed by atoms with Crippen LogP contribution < -0.4 is 9.80 Å². The van der Waals surface area contributed by atoms with Crippen LogP contribution in [0.3, 0.4) is 0 Å². The standard InChI is InChI=1S/C18H22ClN5OS/c1-3-14-20-18-24(21-14)17(25)16(26-18)15(12-6-4-5-7-13(12)19)23-10-8-22(2)9-11-23/h4-7,15,25H,3,8-11H2,1-2H3/p+2/t15-/m1/s1. The summed E-state index contributed by atoms with van der Waals surface area (Å²) in [7, 11) is 2.23. The number of halogens is 1. The van der Waals surface area contributed by atoms with Crippen molar-refractivity contribution in [3.63, 3.8) is 0 Å². The number of hydrogen-bond acceptors (Lipinski definition) is 4. The molecule has 138 valence electrons. The van der Waals surface area contributed by atoms with Crippen molar-refractivity contribution in [3.8, 4) is 5.88 Å². The van der Waals surface area contributed by atoms with E-state index < -0.39 is 0 Å². The first-order valence-electron chi connectivity index (χ1n) is 9.06. The van der Waals surface area contributed by atoms with Gasteiger partial charge in [0, 0.05) is 12.0 Å². The number of rotatable bonds is 4. The van der Waals surface area contributed by atoms with Crippen LogP contribution >= 0.6 is 22.9 Å². The number of aryl methyl sites for hydroxylation is 1. The molecule has 1 fully saturated rings. The highest BCUT2D eigenvalue weighted by Gasteiger charge is 2.36. The Balaban J connectivity index is 1.81. The van der Waals surface area contributed by atoms with Crippen molar-refractivity contribution in [2.24, 2.45) is 0 Å². The Morgan fingerprint density at radius 2 is 2.00 bits per heavy atom. The lowest BCUT2D eigenvalue weighted by molar-refractivity contribution is -1.02. The lowest BCUT2D eigenvalue weighted by Crippen LogP contribution is -3.27. The van der Waals surface area contributed by atoms with Crippen molar-refractivity contribution < 1.29 is 14.9 Å². The Bertz CT molecular complexity index is 916. The molecule has 2 aromatic heterocycles. The van der Waals surface area contributed by atoms with E-state index in [1.54, 1.807) is 9.42 Å². The number of nitrogens with zero attached hydrogens (tertiary/aromatic N) is 3. The highest BCUT2D eigenvalue weighted by Crippen LogP contribution is 2.37. The van der Waals surface area contributed by atoms with Gasteiger partial charge in [0.2, 0.25) is 10.8 Å². The number of hydrogen-bond donors (Lipinski definition) is 3. The Morgan fingerprint density at radius 1 is 1.27 bits per heavy atom. The predicted molar refractivity (Wildman–Crippen MR) is 103 cm³/mol. The van der Waals surface area contributed by atoms with Crippen molar-refractivity contribution >= 4 is 27.9 Å². The van der Waals surface area contributed by atoms with Crippen LogP contribution in [0.5, 0.6) is 5.88 Å². The van der Waals surface area contributed by atoms with Crippen LogP contribution in [-0.2, 0) is 6.42 Å². The normalized spacial score (nSPS) is 22.0. The molecule has 0 saturated carbocycles. The van der Waals surface area contributed by atoms with E-state index in [0.29, 0.717) is 0 Å². The van der Waals surface area contributed by atoms with E-state index in [1.807, 2.05) is 25.1 Å². The van der Waals surface area contributed by atoms with Gasteiger partial charge in [-0.05, 0) is 6.07 Å². The Kier molecular flexibility index (Phi) is 4.88. The van der Waals surface area contributed by atoms with Gasteiger partial charge in [-0.3, -0.25) is 0 Å². The van der Waals surface area contributed by atoms with Crippen LogP contribution in [0.2, 0.25) is 5.02 Å². The number of quaternary nitrogens is 2. The van der Waals surface area contributed by atoms with Gasteiger partial charge in [-0.2, -0.15) is 4.52 Å². The van der Waals surface area contributed by atoms with E-state index in [4.69, 9.17) is 11.6 Å². The molecular weight excluding hydrogens is 370 g/mol. The maximum atomic E-state index is 10.9. The molecule has 4 rings (SSSR count). The number of benzene rings is 1. The molecule has 0 unspecified atom stereocenters. The first-order valence-corrected chi connectivity index (χ1v) is 10.3. The number of nitrogens with one attached hydrogen (secondary N) is 2. The number of piperazine rings is 1. The van der Waals surface area contributed by atoms with Crippen LogP contribution in [0, 0.1) is 0 Å². The molecule has 0 amide bonds. The monoisotopic (exact) mass is 393 g/mol. The predicted octanol–water partition coefficient (Wildman–Crippen LogP) is 0.215. The van der Waals surface area contributed by atoms with Crippen molar-refractivity contribution in [3.05, 3.63) is 45.6 Å². The molecule has 8 heteroatoms. The third-order valence-corrected chi connectivity index (χ3v) is 6.62. The lowest BCUT2D eigenvalue weighted by Gasteiger charge is -2.33. The first kappa shape index (κ1) is 17.7. The molecule has 0 aliphatic carbocycles. The molecule has 0 bridgehead atoms. The Labute approximate surface area is 161 Å². The average Bonchev–Trinajstić information content (AvgIpc) is 3.18. The fourth-order valence-corrected chi connectivity index (χ4v) is 5.07. The van der Waals surface area contributed by atoms with Gasteiger partial charge in [0.25, 0.3) is 0 Å². The summed E-state index contributed by atoms with van der Waals surface area (Å²) in [6.45, 7) is 6.31. The van der Waals surface area contributed by atoms with Crippen molar-refractivity contribution in [1.29, 1.82) is 0 Å². The molecular formula is C18H24ClN5OS+2. The molecule has 3 N–H and O–H groups in total. The quantitative estimate of drug-likeness (QED) is 0.594. The van der Waals surface area contributed by atoms with Gasteiger partial charge in [0.1, 0.15) is 31.1 Å². The van der Waals surface area contributed by atoms with Gasteiger partial charge in [-0.1, -0.05) is 48.1 Å². The van der Waals surface area contributed by atoms with E-state index in [-0.39, 0.29) is 11.9 Å². The van der Waals surface area contributed by atoms with Crippen LogP contribution in [0.1, 0.15) is 29.2 Å². The van der Waals surface area contributed by atoms with Crippen molar-refractivity contribution in [2.45, 2.75) is 19.4 Å². The molecule has 1 saturated heterocycles. The zero-order chi connectivity index (χ0) is 18.3. The summed E-state index contributed by atoms with van der Waals surface area (Å²) in [6, 6.07) is 7.95. The molecule has 3 aromatic rings. The minimum absolute atomic E-state index is 0.00428. The Morgan fingerprint density at radius 3 is 2.65 bits per heavy atom. The van der Waals surface area contributed by atoms with Crippen LogP contribution in [-0.4, -0.2) is 52.9 Å². The molecule has 26 heavy (non-hydrogen) atoms. The summed E-state index contributed by atoms with van der Waals surface area (Å²) >= 11 is 8.08. The number of aromatic nitrogens is 3. The smallest absolute Gasteiger partial charge is 0.235 e. The summed E-state index contributed by atoms with van der Waals surface area (Å²) in [5.41, 5.74) is 1.05. The molecule has 6 nitrogen and oxygen atoms in total. The minimum Gasteiger partial charge on any atom is -0.492 e. The fourth-order valence-electron chi connectivity index (χ4n) is 3.67. The maximum Gasteiger partial charge on any atom is 0.235 e. The highest BCUT2D eigenvalue weighted by molar-refractivity contribution is 7.17. The summed E-state index contributed by atoms with van der Waals surface area (Å²) in [5, 5.41) is 16.1. The number of aromatic hydroxyl groups is 1. The summed E-state index contributed by atoms with van der Waals surface area (Å²) in [5.74, 6) is 0.948. The van der Waals surface area contributed by atoms with Crippen LogP contribution in [0.15, 0.2) is 24.3 Å². The maximum absolute atomic E-state index is 10.9. The Hall–Kier alpha value is -1.67. The first-order chi connectivity index (χ1) is 12.6. The van der Waals surface area contributed by atoms with E-state index in [2.05, 4.69) is 23.2 Å². The van der Waals surface area contributed by atoms with Gasteiger partial charge in [-0.25, -0.2) is 4.98 Å². The number of thiazole rings is 1. The molecule has 3 heterocycles. The van der Waals surface area contributed by atoms with Crippen LogP contribution in [0.25, 0.3) is 4.96 Å². The average molecular weight is 394 g/mol. The van der Waals surface area contributed by atoms with Gasteiger partial charge < -0.3 is 14.9 Å².